The number of benzene rings is 2. The van der Waals surface area contributed by atoms with Crippen LogP contribution in [0.1, 0.15) is 27.3 Å². The molecule has 0 bridgehead atoms. The van der Waals surface area contributed by atoms with Crippen LogP contribution in [0.5, 0.6) is 0 Å². The van der Waals surface area contributed by atoms with Crippen LogP contribution >= 0.6 is 23.4 Å². The molecule has 2 N–H and O–H groups in total. The Morgan fingerprint density at radius 2 is 1.87 bits per heavy atom. The highest BCUT2D eigenvalue weighted by molar-refractivity contribution is 7.99. The molecule has 0 fully saturated rings. The van der Waals surface area contributed by atoms with Crippen LogP contribution < -0.4 is 10.6 Å². The Hall–Kier alpha value is -2.84. The number of halogens is 1. The van der Waals surface area contributed by atoms with Crippen molar-refractivity contribution in [3.05, 3.63) is 70.0 Å². The van der Waals surface area contributed by atoms with Gasteiger partial charge in [-0.3, -0.25) is 9.59 Å². The summed E-state index contributed by atoms with van der Waals surface area (Å²) in [7, 11) is 1.79. The Balaban J connectivity index is 1.53. The number of hydrogen-bond donors (Lipinski definition) is 2. The van der Waals surface area contributed by atoms with Gasteiger partial charge in [0.15, 0.2) is 11.0 Å². The highest BCUT2D eigenvalue weighted by Gasteiger charge is 2.14. The molecule has 0 saturated carbocycles. The number of aryl methyl sites for hydroxylation is 2. The van der Waals surface area contributed by atoms with Crippen LogP contribution in [-0.4, -0.2) is 32.3 Å². The number of carbonyl (C=O) groups is 2. The van der Waals surface area contributed by atoms with E-state index in [-0.39, 0.29) is 24.1 Å². The molecule has 0 aliphatic rings. The maximum absolute atomic E-state index is 12.3. The minimum absolute atomic E-state index is 0.125. The third-order valence-electron chi connectivity index (χ3n) is 4.57. The van der Waals surface area contributed by atoms with Crippen molar-refractivity contribution in [2.75, 3.05) is 11.1 Å². The zero-order chi connectivity index (χ0) is 21.7. The minimum atomic E-state index is -0.287. The smallest absolute Gasteiger partial charge is 0.253 e. The predicted octanol–water partition coefficient (Wildman–Crippen LogP) is 3.75. The van der Waals surface area contributed by atoms with Crippen LogP contribution in [0, 0.1) is 13.8 Å². The van der Waals surface area contributed by atoms with Gasteiger partial charge in [0.25, 0.3) is 5.91 Å². The molecule has 3 aromatic rings. The van der Waals surface area contributed by atoms with E-state index >= 15 is 0 Å². The van der Waals surface area contributed by atoms with Gasteiger partial charge in [-0.25, -0.2) is 0 Å². The molecule has 9 heteroatoms. The molecule has 1 aromatic heterocycles. The summed E-state index contributed by atoms with van der Waals surface area (Å²) in [4.78, 5) is 24.5. The normalized spacial score (nSPS) is 10.7. The van der Waals surface area contributed by atoms with E-state index in [1.165, 1.54) is 17.3 Å². The number of rotatable bonds is 7. The average molecular weight is 444 g/mol. The van der Waals surface area contributed by atoms with E-state index in [1.807, 2.05) is 32.0 Å². The van der Waals surface area contributed by atoms with Crippen molar-refractivity contribution in [1.82, 2.24) is 20.1 Å². The lowest BCUT2D eigenvalue weighted by Gasteiger charge is -2.08. The van der Waals surface area contributed by atoms with Gasteiger partial charge in [-0.05, 0) is 49.2 Å². The first kappa shape index (κ1) is 21.9. The van der Waals surface area contributed by atoms with Gasteiger partial charge in [0, 0.05) is 12.7 Å². The van der Waals surface area contributed by atoms with Crippen LogP contribution in [0.25, 0.3) is 0 Å². The molecule has 0 spiro atoms. The number of carbonyl (C=O) groups excluding carboxylic acids is 2. The van der Waals surface area contributed by atoms with Crippen LogP contribution in [0.3, 0.4) is 0 Å². The summed E-state index contributed by atoms with van der Waals surface area (Å²) in [6, 6.07) is 12.6. The number of thioether (sulfide) groups is 1. The fourth-order valence-corrected chi connectivity index (χ4v) is 3.62. The second-order valence-corrected chi connectivity index (χ2v) is 8.11. The van der Waals surface area contributed by atoms with Gasteiger partial charge in [-0.1, -0.05) is 41.6 Å². The van der Waals surface area contributed by atoms with Crippen molar-refractivity contribution >= 4 is 40.9 Å². The summed E-state index contributed by atoms with van der Waals surface area (Å²) >= 11 is 7.33. The molecule has 30 heavy (non-hydrogen) atoms. The molecule has 0 aliphatic heterocycles. The van der Waals surface area contributed by atoms with E-state index in [0.717, 1.165) is 11.3 Å². The monoisotopic (exact) mass is 443 g/mol. The lowest BCUT2D eigenvalue weighted by atomic mass is 10.1. The van der Waals surface area contributed by atoms with Gasteiger partial charge < -0.3 is 15.2 Å². The standard InChI is InChI=1S/C21H22ClN5O2S/c1-13-8-9-15(10-14(13)2)24-19(28)12-30-21-26-25-18(27(21)3)11-23-20(29)16-6-4-5-7-17(16)22/h4-10H,11-12H2,1-3H3,(H,23,29)(H,24,28). The third-order valence-corrected chi connectivity index (χ3v) is 5.92. The Labute approximate surface area is 184 Å². The second kappa shape index (κ2) is 9.77. The Kier molecular flexibility index (Phi) is 7.12. The molecule has 2 amide bonds. The molecule has 0 saturated heterocycles. The van der Waals surface area contributed by atoms with Crippen molar-refractivity contribution in [3.63, 3.8) is 0 Å². The van der Waals surface area contributed by atoms with Crippen molar-refractivity contribution in [1.29, 1.82) is 0 Å². The topological polar surface area (TPSA) is 88.9 Å². The van der Waals surface area contributed by atoms with Crippen molar-refractivity contribution in [2.45, 2.75) is 25.5 Å². The van der Waals surface area contributed by atoms with Crippen molar-refractivity contribution < 1.29 is 9.59 Å². The summed E-state index contributed by atoms with van der Waals surface area (Å²) in [5.74, 6) is 0.364. The molecular weight excluding hydrogens is 422 g/mol. The summed E-state index contributed by atoms with van der Waals surface area (Å²) in [6.45, 7) is 4.23. The van der Waals surface area contributed by atoms with E-state index in [9.17, 15) is 9.59 Å². The summed E-state index contributed by atoms with van der Waals surface area (Å²) in [6.07, 6.45) is 0. The van der Waals surface area contributed by atoms with E-state index in [1.54, 1.807) is 35.9 Å². The zero-order valence-corrected chi connectivity index (χ0v) is 18.5. The number of nitrogens with zero attached hydrogens (tertiary/aromatic N) is 3. The summed E-state index contributed by atoms with van der Waals surface area (Å²) in [5.41, 5.74) is 3.47. The largest absolute Gasteiger partial charge is 0.345 e. The van der Waals surface area contributed by atoms with Crippen LogP contribution in [0.15, 0.2) is 47.6 Å². The second-order valence-electron chi connectivity index (χ2n) is 6.76. The molecule has 0 atom stereocenters. The number of nitrogens with one attached hydrogen (secondary N) is 2. The molecule has 3 rings (SSSR count). The number of hydrogen-bond acceptors (Lipinski definition) is 5. The van der Waals surface area contributed by atoms with Gasteiger partial charge in [0.1, 0.15) is 0 Å². The molecule has 1 heterocycles. The molecule has 0 aliphatic carbocycles. The van der Waals surface area contributed by atoms with Gasteiger partial charge in [-0.15, -0.1) is 10.2 Å². The predicted molar refractivity (Wildman–Crippen MR) is 119 cm³/mol. The summed E-state index contributed by atoms with van der Waals surface area (Å²) < 4.78 is 1.75. The van der Waals surface area contributed by atoms with Crippen LogP contribution in [-0.2, 0) is 18.4 Å². The van der Waals surface area contributed by atoms with Gasteiger partial charge in [-0.2, -0.15) is 0 Å². The van der Waals surface area contributed by atoms with Gasteiger partial charge >= 0.3 is 0 Å². The summed E-state index contributed by atoms with van der Waals surface area (Å²) in [5, 5.41) is 14.9. The Morgan fingerprint density at radius 1 is 1.10 bits per heavy atom. The highest BCUT2D eigenvalue weighted by atomic mass is 35.5. The molecule has 7 nitrogen and oxygen atoms in total. The first-order chi connectivity index (χ1) is 14.3. The molecule has 2 aromatic carbocycles. The Bertz CT molecular complexity index is 1080. The average Bonchev–Trinajstić information content (AvgIpc) is 3.07. The zero-order valence-electron chi connectivity index (χ0n) is 16.9. The molecule has 156 valence electrons. The van der Waals surface area contributed by atoms with Crippen molar-refractivity contribution in [3.8, 4) is 0 Å². The lowest BCUT2D eigenvalue weighted by Crippen LogP contribution is -2.24. The quantitative estimate of drug-likeness (QED) is 0.543. The maximum Gasteiger partial charge on any atom is 0.253 e. The van der Waals surface area contributed by atoms with E-state index < -0.39 is 0 Å². The van der Waals surface area contributed by atoms with Gasteiger partial charge in [0.2, 0.25) is 5.91 Å². The lowest BCUT2D eigenvalue weighted by molar-refractivity contribution is -0.113. The highest BCUT2D eigenvalue weighted by Crippen LogP contribution is 2.18. The molecule has 0 unspecified atom stereocenters. The maximum atomic E-state index is 12.3. The van der Waals surface area contributed by atoms with Crippen LogP contribution in [0.4, 0.5) is 5.69 Å². The van der Waals surface area contributed by atoms with Crippen molar-refractivity contribution in [2.24, 2.45) is 7.05 Å². The first-order valence-electron chi connectivity index (χ1n) is 9.26. The first-order valence-corrected chi connectivity index (χ1v) is 10.6. The SMILES string of the molecule is Cc1ccc(NC(=O)CSc2nnc(CNC(=O)c3ccccc3Cl)n2C)cc1C. The Morgan fingerprint density at radius 3 is 2.60 bits per heavy atom. The minimum Gasteiger partial charge on any atom is -0.345 e. The van der Waals surface area contributed by atoms with Gasteiger partial charge in [0.05, 0.1) is 22.9 Å². The van der Waals surface area contributed by atoms with E-state index in [4.69, 9.17) is 11.6 Å². The number of amides is 2. The fraction of sp³-hybridized carbons (Fsp3) is 0.238. The molecule has 0 radical (unpaired) electrons. The van der Waals surface area contributed by atoms with Crippen LogP contribution in [0.2, 0.25) is 5.02 Å². The fourth-order valence-electron chi connectivity index (χ4n) is 2.67. The number of aromatic nitrogens is 3. The van der Waals surface area contributed by atoms with E-state index in [0.29, 0.717) is 21.6 Å². The van der Waals surface area contributed by atoms with E-state index in [2.05, 4.69) is 20.8 Å². The number of anilines is 1. The molecular formula is C21H22ClN5O2S. The third kappa shape index (κ3) is 5.40.